The summed E-state index contributed by atoms with van der Waals surface area (Å²) in [5, 5.41) is 8.17. The summed E-state index contributed by atoms with van der Waals surface area (Å²) in [6.45, 7) is 3.99. The summed E-state index contributed by atoms with van der Waals surface area (Å²) in [6.07, 6.45) is 1.78. The van der Waals surface area contributed by atoms with Gasteiger partial charge in [-0.25, -0.2) is 14.3 Å². The highest BCUT2D eigenvalue weighted by atomic mass is 32.2. The summed E-state index contributed by atoms with van der Waals surface area (Å²) in [4.78, 5) is 29.0. The number of fused-ring (bicyclic) bond motifs is 1. The Balaban J connectivity index is 1.46. The van der Waals surface area contributed by atoms with Gasteiger partial charge in [0.05, 0.1) is 31.2 Å². The van der Waals surface area contributed by atoms with Crippen LogP contribution in [0.25, 0.3) is 16.8 Å². The molecule has 0 saturated heterocycles. The van der Waals surface area contributed by atoms with Gasteiger partial charge < -0.3 is 14.8 Å². The van der Waals surface area contributed by atoms with Crippen molar-refractivity contribution in [1.82, 2.24) is 14.6 Å². The Morgan fingerprint density at radius 3 is 2.50 bits per heavy atom. The second kappa shape index (κ2) is 10.4. The average molecular weight is 477 g/mol. The van der Waals surface area contributed by atoms with E-state index in [4.69, 9.17) is 9.47 Å². The molecule has 0 fully saturated rings. The standard InChI is InChI=1S/C25H24N4O4S/c1-4-33-25(31)18-5-9-19(10-6-18)28-22(30)15-34-23-13-16(2)27-24-21(14-26-29(23)24)17-7-11-20(32-3)12-8-17/h5-14H,4,15H2,1-3H3,(H,28,30). The second-order valence-corrected chi connectivity index (χ2v) is 8.39. The fraction of sp³-hybridized carbons (Fsp3) is 0.200. The maximum Gasteiger partial charge on any atom is 0.338 e. The van der Waals surface area contributed by atoms with E-state index in [1.165, 1.54) is 11.8 Å². The third-order valence-corrected chi connectivity index (χ3v) is 5.99. The van der Waals surface area contributed by atoms with Crippen molar-refractivity contribution in [3.8, 4) is 16.9 Å². The van der Waals surface area contributed by atoms with Gasteiger partial charge in [0.25, 0.3) is 0 Å². The normalized spacial score (nSPS) is 10.8. The summed E-state index contributed by atoms with van der Waals surface area (Å²) in [6, 6.07) is 16.2. The highest BCUT2D eigenvalue weighted by Gasteiger charge is 2.14. The summed E-state index contributed by atoms with van der Waals surface area (Å²) in [5.74, 6) is 0.415. The molecule has 0 unspecified atom stereocenters. The van der Waals surface area contributed by atoms with Crippen LogP contribution in [-0.2, 0) is 9.53 Å². The SMILES string of the molecule is CCOC(=O)c1ccc(NC(=O)CSc2cc(C)nc3c(-c4ccc(OC)cc4)cnn23)cc1. The molecule has 0 aliphatic heterocycles. The van der Waals surface area contributed by atoms with Gasteiger partial charge in [-0.15, -0.1) is 0 Å². The lowest BCUT2D eigenvalue weighted by Gasteiger charge is -2.08. The van der Waals surface area contributed by atoms with E-state index in [-0.39, 0.29) is 17.6 Å². The lowest BCUT2D eigenvalue weighted by Crippen LogP contribution is -2.14. The average Bonchev–Trinajstić information content (AvgIpc) is 3.27. The summed E-state index contributed by atoms with van der Waals surface area (Å²) in [7, 11) is 1.63. The van der Waals surface area contributed by atoms with Crippen LogP contribution in [0.4, 0.5) is 5.69 Å². The van der Waals surface area contributed by atoms with Gasteiger partial charge in [0.2, 0.25) is 5.91 Å². The first kappa shape index (κ1) is 23.3. The topological polar surface area (TPSA) is 94.8 Å². The Morgan fingerprint density at radius 1 is 1.09 bits per heavy atom. The van der Waals surface area contributed by atoms with E-state index in [1.54, 1.807) is 49.0 Å². The minimum atomic E-state index is -0.388. The van der Waals surface area contributed by atoms with E-state index < -0.39 is 0 Å². The van der Waals surface area contributed by atoms with E-state index >= 15 is 0 Å². The molecule has 34 heavy (non-hydrogen) atoms. The molecule has 2 aromatic heterocycles. The number of amides is 1. The van der Waals surface area contributed by atoms with Crippen LogP contribution in [0.3, 0.4) is 0 Å². The van der Waals surface area contributed by atoms with Gasteiger partial charge in [-0.1, -0.05) is 23.9 Å². The number of rotatable bonds is 8. The Labute approximate surface area is 201 Å². The van der Waals surface area contributed by atoms with E-state index in [2.05, 4.69) is 15.4 Å². The van der Waals surface area contributed by atoms with Crippen molar-refractivity contribution in [3.05, 3.63) is 72.1 Å². The molecule has 174 valence electrons. The largest absolute Gasteiger partial charge is 0.497 e. The summed E-state index contributed by atoms with van der Waals surface area (Å²) >= 11 is 1.37. The smallest absolute Gasteiger partial charge is 0.338 e. The fourth-order valence-electron chi connectivity index (χ4n) is 3.37. The number of ether oxygens (including phenoxy) is 2. The van der Waals surface area contributed by atoms with Crippen LogP contribution in [0.15, 0.2) is 65.8 Å². The number of nitrogens with zero attached hydrogens (tertiary/aromatic N) is 3. The Bertz CT molecular complexity index is 1320. The lowest BCUT2D eigenvalue weighted by atomic mass is 10.1. The van der Waals surface area contributed by atoms with Gasteiger partial charge in [-0.05, 0) is 61.9 Å². The highest BCUT2D eigenvalue weighted by Crippen LogP contribution is 2.29. The quantitative estimate of drug-likeness (QED) is 0.225. The van der Waals surface area contributed by atoms with Crippen LogP contribution in [0.5, 0.6) is 5.75 Å². The minimum Gasteiger partial charge on any atom is -0.497 e. The van der Waals surface area contributed by atoms with Crippen molar-refractivity contribution in [2.24, 2.45) is 0 Å². The molecule has 1 N–H and O–H groups in total. The van der Waals surface area contributed by atoms with Crippen LogP contribution < -0.4 is 10.1 Å². The number of hydrogen-bond donors (Lipinski definition) is 1. The number of carbonyl (C=O) groups is 2. The highest BCUT2D eigenvalue weighted by molar-refractivity contribution is 7.99. The molecule has 4 rings (SSSR count). The predicted molar refractivity (Wildman–Crippen MR) is 131 cm³/mol. The predicted octanol–water partition coefficient (Wildman–Crippen LogP) is 4.62. The van der Waals surface area contributed by atoms with E-state index in [1.807, 2.05) is 37.3 Å². The summed E-state index contributed by atoms with van der Waals surface area (Å²) in [5.41, 5.74) is 4.49. The first-order valence-electron chi connectivity index (χ1n) is 10.7. The van der Waals surface area contributed by atoms with Crippen molar-refractivity contribution in [2.75, 3.05) is 24.8 Å². The molecule has 0 atom stereocenters. The lowest BCUT2D eigenvalue weighted by molar-refractivity contribution is -0.113. The number of benzene rings is 2. The van der Waals surface area contributed by atoms with Crippen molar-refractivity contribution < 1.29 is 19.1 Å². The molecule has 0 radical (unpaired) electrons. The first-order valence-corrected chi connectivity index (χ1v) is 11.7. The van der Waals surface area contributed by atoms with Crippen LogP contribution in [0, 0.1) is 6.92 Å². The van der Waals surface area contributed by atoms with Gasteiger partial charge in [0.15, 0.2) is 5.65 Å². The van der Waals surface area contributed by atoms with Crippen molar-refractivity contribution >= 4 is 35.0 Å². The van der Waals surface area contributed by atoms with E-state index in [0.29, 0.717) is 17.9 Å². The molecule has 4 aromatic rings. The molecule has 0 bridgehead atoms. The van der Waals surface area contributed by atoms with Crippen molar-refractivity contribution in [2.45, 2.75) is 18.9 Å². The molecule has 1 amide bonds. The number of thioether (sulfide) groups is 1. The van der Waals surface area contributed by atoms with E-state index in [0.717, 1.165) is 33.2 Å². The molecule has 2 aromatic carbocycles. The molecule has 0 aliphatic rings. The van der Waals surface area contributed by atoms with Crippen LogP contribution in [0.1, 0.15) is 23.0 Å². The number of aryl methyl sites for hydroxylation is 1. The Hall–Kier alpha value is -3.85. The van der Waals surface area contributed by atoms with Gasteiger partial charge >= 0.3 is 5.97 Å². The minimum absolute atomic E-state index is 0.168. The maximum absolute atomic E-state index is 12.5. The zero-order valence-electron chi connectivity index (χ0n) is 19.1. The molecule has 8 nitrogen and oxygen atoms in total. The number of nitrogens with one attached hydrogen (secondary N) is 1. The third-order valence-electron chi connectivity index (χ3n) is 5.00. The van der Waals surface area contributed by atoms with Crippen LogP contribution in [-0.4, -0.2) is 45.9 Å². The van der Waals surface area contributed by atoms with Gasteiger partial charge in [-0.2, -0.15) is 5.10 Å². The van der Waals surface area contributed by atoms with Gasteiger partial charge in [0, 0.05) is 16.9 Å². The zero-order valence-corrected chi connectivity index (χ0v) is 19.9. The molecular weight excluding hydrogens is 452 g/mol. The monoisotopic (exact) mass is 476 g/mol. The molecule has 9 heteroatoms. The maximum atomic E-state index is 12.5. The number of esters is 1. The molecule has 0 spiro atoms. The number of aromatic nitrogens is 3. The summed E-state index contributed by atoms with van der Waals surface area (Å²) < 4.78 is 12.0. The van der Waals surface area contributed by atoms with Gasteiger partial charge in [0.1, 0.15) is 10.8 Å². The number of methoxy groups -OCH3 is 1. The molecule has 2 heterocycles. The van der Waals surface area contributed by atoms with Crippen LogP contribution in [0.2, 0.25) is 0 Å². The zero-order chi connectivity index (χ0) is 24.1. The first-order chi connectivity index (χ1) is 16.5. The molecular formula is C25H24N4O4S. The second-order valence-electron chi connectivity index (χ2n) is 7.39. The van der Waals surface area contributed by atoms with Crippen molar-refractivity contribution in [1.29, 1.82) is 0 Å². The number of hydrogen-bond acceptors (Lipinski definition) is 7. The van der Waals surface area contributed by atoms with Gasteiger partial charge in [-0.3, -0.25) is 4.79 Å². The number of carbonyl (C=O) groups excluding carboxylic acids is 2. The Morgan fingerprint density at radius 2 is 1.82 bits per heavy atom. The fourth-order valence-corrected chi connectivity index (χ4v) is 4.23. The Kier molecular flexibility index (Phi) is 7.12. The van der Waals surface area contributed by atoms with Crippen LogP contribution >= 0.6 is 11.8 Å². The third kappa shape index (κ3) is 5.20. The molecule has 0 saturated carbocycles. The molecule has 0 aliphatic carbocycles. The number of anilines is 1. The van der Waals surface area contributed by atoms with E-state index in [9.17, 15) is 9.59 Å². The van der Waals surface area contributed by atoms with Crippen molar-refractivity contribution in [3.63, 3.8) is 0 Å².